The first-order valence-electron chi connectivity index (χ1n) is 10.9. The molecule has 1 saturated heterocycles. The zero-order chi connectivity index (χ0) is 21.3. The number of hydrogen-bond donors (Lipinski definition) is 0. The number of carbonyl (C=O) groups is 1. The van der Waals surface area contributed by atoms with Crippen LogP contribution in [0.1, 0.15) is 69.3 Å². The van der Waals surface area contributed by atoms with Crippen LogP contribution in [0.4, 0.5) is 0 Å². The van der Waals surface area contributed by atoms with Crippen LogP contribution in [0.5, 0.6) is 11.5 Å². The van der Waals surface area contributed by atoms with Gasteiger partial charge in [0, 0.05) is 19.4 Å². The molecule has 0 aromatic heterocycles. The molecule has 3 aliphatic carbocycles. The fourth-order valence-corrected chi connectivity index (χ4v) is 5.82. The van der Waals surface area contributed by atoms with Crippen molar-refractivity contribution in [1.82, 2.24) is 0 Å². The van der Waals surface area contributed by atoms with Crippen molar-refractivity contribution in [2.75, 3.05) is 7.11 Å². The fraction of sp³-hybridized carbons (Fsp3) is 0.609. The topological polar surface area (TPSA) is 63.2 Å². The van der Waals surface area contributed by atoms with Gasteiger partial charge in [-0.1, -0.05) is 19.0 Å². The van der Waals surface area contributed by atoms with Crippen LogP contribution in [0.25, 0.3) is 6.08 Å². The molecule has 4 fully saturated rings. The van der Waals surface area contributed by atoms with Crippen molar-refractivity contribution in [2.45, 2.75) is 70.4 Å². The Kier molecular flexibility index (Phi) is 4.33. The highest BCUT2D eigenvalue weighted by atomic mass is 16.7. The predicted molar refractivity (Wildman–Crippen MR) is 112 cm³/mol. The summed E-state index contributed by atoms with van der Waals surface area (Å²) in [6.07, 6.45) is 6.42. The fourth-order valence-electron chi connectivity index (χ4n) is 5.82. The normalized spacial score (nSPS) is 35.9. The molecule has 1 aromatic rings. The molecule has 1 unspecified atom stereocenters. The summed E-state index contributed by atoms with van der Waals surface area (Å²) >= 11 is 0. The largest absolute Gasteiger partial charge is 0.496 e. The van der Waals surface area contributed by atoms with Crippen LogP contribution in [0, 0.1) is 11.8 Å². The Bertz CT molecular complexity index is 915. The van der Waals surface area contributed by atoms with Crippen LogP contribution in [-0.2, 0) is 14.0 Å². The summed E-state index contributed by atoms with van der Waals surface area (Å²) in [6, 6.07) is 3.63. The Morgan fingerprint density at radius 1 is 1.20 bits per heavy atom. The molecule has 2 heterocycles. The monoisotopic (exact) mass is 412 g/mol. The molecule has 0 spiro atoms. The van der Waals surface area contributed by atoms with Gasteiger partial charge in [0.2, 0.25) is 5.79 Å². The molecule has 5 aliphatic rings. The van der Waals surface area contributed by atoms with Gasteiger partial charge in [-0.3, -0.25) is 0 Å². The summed E-state index contributed by atoms with van der Waals surface area (Å²) in [5, 5.41) is 0. The molecule has 6 nitrogen and oxygen atoms in total. The van der Waals surface area contributed by atoms with Crippen LogP contribution in [-0.4, -0.2) is 37.2 Å². The third-order valence-corrected chi connectivity index (χ3v) is 7.50. The Hall–Kier alpha value is -1.99. The van der Waals surface area contributed by atoms with E-state index in [1.54, 1.807) is 19.9 Å². The van der Waals surface area contributed by atoms with Gasteiger partial charge in [-0.25, -0.2) is 4.79 Å². The Labute approximate surface area is 178 Å². The van der Waals surface area contributed by atoms with Crippen molar-refractivity contribution in [2.24, 2.45) is 11.8 Å². The maximum absolute atomic E-state index is 12.6. The van der Waals surface area contributed by atoms with Gasteiger partial charge in [0.25, 0.3) is 0 Å². The molecule has 0 radical (unpaired) electrons. The molecule has 160 valence electrons. The van der Waals surface area contributed by atoms with Gasteiger partial charge in [-0.15, -0.1) is 0 Å². The molecule has 2 atom stereocenters. The third kappa shape index (κ3) is 2.74. The highest BCUT2D eigenvalue weighted by Crippen LogP contribution is 2.62. The number of esters is 1. The van der Waals surface area contributed by atoms with Crippen molar-refractivity contribution in [3.05, 3.63) is 29.2 Å². The van der Waals surface area contributed by atoms with Crippen LogP contribution >= 0.6 is 0 Å². The Morgan fingerprint density at radius 2 is 1.97 bits per heavy atom. The first-order valence-corrected chi connectivity index (χ1v) is 10.9. The smallest absolute Gasteiger partial charge is 0.487 e. The van der Waals surface area contributed by atoms with Crippen LogP contribution in [0.3, 0.4) is 0 Å². The van der Waals surface area contributed by atoms with E-state index in [0.29, 0.717) is 23.0 Å². The lowest BCUT2D eigenvalue weighted by Gasteiger charge is -2.59. The van der Waals surface area contributed by atoms with Gasteiger partial charge < -0.3 is 23.5 Å². The van der Waals surface area contributed by atoms with Gasteiger partial charge in [0.1, 0.15) is 17.1 Å². The van der Waals surface area contributed by atoms with E-state index in [1.165, 1.54) is 20.0 Å². The summed E-state index contributed by atoms with van der Waals surface area (Å²) in [5.41, 5.74) is 0.610. The van der Waals surface area contributed by atoms with Gasteiger partial charge in [0.05, 0.1) is 18.3 Å². The van der Waals surface area contributed by atoms with E-state index in [2.05, 4.69) is 13.8 Å². The van der Waals surface area contributed by atoms with Crippen molar-refractivity contribution < 1.29 is 28.3 Å². The number of rotatable bonds is 4. The number of hydrogen-bond acceptors (Lipinski definition) is 6. The van der Waals surface area contributed by atoms with Crippen LogP contribution in [0.15, 0.2) is 18.1 Å². The lowest BCUT2D eigenvalue weighted by Crippen LogP contribution is -2.63. The highest BCUT2D eigenvalue weighted by molar-refractivity contribution is 6.52. The number of carbonyl (C=O) groups excluding carboxylic acids is 1. The van der Waals surface area contributed by atoms with E-state index in [0.717, 1.165) is 24.3 Å². The SMILES string of the molecule is CCC12CC3CC(C3)[C@@]1(C)OB(/C=C\c1ccc(OC)c3c1OC(C)(C)OC3=O)O2. The molecule has 2 bridgehead atoms. The summed E-state index contributed by atoms with van der Waals surface area (Å²) in [4.78, 5) is 12.6. The summed E-state index contributed by atoms with van der Waals surface area (Å²) in [5.74, 6) is 2.66. The summed E-state index contributed by atoms with van der Waals surface area (Å²) < 4.78 is 29.8. The minimum absolute atomic E-state index is 0.213. The van der Waals surface area contributed by atoms with Crippen molar-refractivity contribution in [3.63, 3.8) is 0 Å². The molecule has 7 heteroatoms. The van der Waals surface area contributed by atoms with Gasteiger partial charge in [-0.2, -0.15) is 0 Å². The highest BCUT2D eigenvalue weighted by Gasteiger charge is 2.67. The first-order chi connectivity index (χ1) is 14.2. The maximum atomic E-state index is 12.6. The molecule has 1 aromatic carbocycles. The van der Waals surface area contributed by atoms with E-state index in [4.69, 9.17) is 23.5 Å². The Morgan fingerprint density at radius 3 is 2.63 bits per heavy atom. The van der Waals surface area contributed by atoms with E-state index in [-0.39, 0.29) is 11.2 Å². The van der Waals surface area contributed by atoms with E-state index >= 15 is 0 Å². The van der Waals surface area contributed by atoms with Crippen LogP contribution < -0.4 is 9.47 Å². The molecule has 0 N–H and O–H groups in total. The van der Waals surface area contributed by atoms with Crippen molar-refractivity contribution >= 4 is 19.2 Å². The van der Waals surface area contributed by atoms with Gasteiger partial charge in [0.15, 0.2) is 0 Å². The number of methoxy groups -OCH3 is 1. The summed E-state index contributed by atoms with van der Waals surface area (Å²) in [6.45, 7) is 7.85. The molecule has 6 rings (SSSR count). The molecule has 0 amide bonds. The van der Waals surface area contributed by atoms with E-state index < -0.39 is 18.9 Å². The van der Waals surface area contributed by atoms with Gasteiger partial charge >= 0.3 is 13.1 Å². The quantitative estimate of drug-likeness (QED) is 0.540. The van der Waals surface area contributed by atoms with Crippen molar-refractivity contribution in [1.29, 1.82) is 0 Å². The molecular weight excluding hydrogens is 383 g/mol. The number of ether oxygens (including phenoxy) is 3. The maximum Gasteiger partial charge on any atom is 0.487 e. The second-order valence-corrected chi connectivity index (χ2v) is 9.61. The number of cyclic esters (lactones) is 1. The van der Waals surface area contributed by atoms with E-state index in [9.17, 15) is 4.79 Å². The minimum atomic E-state index is -1.05. The molecule has 3 saturated carbocycles. The van der Waals surface area contributed by atoms with Gasteiger partial charge in [-0.05, 0) is 56.6 Å². The first kappa shape index (κ1) is 19.9. The number of benzene rings is 1. The Balaban J connectivity index is 1.46. The predicted octanol–water partition coefficient (Wildman–Crippen LogP) is 4.41. The van der Waals surface area contributed by atoms with Crippen molar-refractivity contribution in [3.8, 4) is 11.5 Å². The second kappa shape index (κ2) is 6.51. The second-order valence-electron chi connectivity index (χ2n) is 9.61. The van der Waals surface area contributed by atoms with E-state index in [1.807, 2.05) is 18.1 Å². The summed E-state index contributed by atoms with van der Waals surface area (Å²) in [7, 11) is 1.10. The average molecular weight is 412 g/mol. The lowest BCUT2D eigenvalue weighted by atomic mass is 9.51. The zero-order valence-electron chi connectivity index (χ0n) is 18.3. The lowest BCUT2D eigenvalue weighted by molar-refractivity contribution is -0.174. The molecule has 30 heavy (non-hydrogen) atoms. The molecule has 2 aliphatic heterocycles. The van der Waals surface area contributed by atoms with Crippen LogP contribution in [0.2, 0.25) is 0 Å². The average Bonchev–Trinajstić information content (AvgIpc) is 2.97. The zero-order valence-corrected chi connectivity index (χ0v) is 18.3. The number of fused-ring (bicyclic) bond motifs is 1. The third-order valence-electron chi connectivity index (χ3n) is 7.50. The molecular formula is C23H29BO6. The standard InChI is InChI=1S/C23H29BO6/c1-6-23-13-14-11-16(12-14)22(23,4)29-24(30-23)10-9-15-7-8-17(26-5)18-19(15)27-21(2,3)28-20(18)25/h7-10,14,16H,6,11-13H2,1-5H3/b10-9-/t14?,16?,22-,23?/m1/s1. The minimum Gasteiger partial charge on any atom is -0.496 e.